The number of H-pyrrole nitrogens is 1. The Morgan fingerprint density at radius 3 is 2.96 bits per heavy atom. The Hall–Kier alpha value is -1.47. The number of hydrogen-bond donors (Lipinski definition) is 2. The van der Waals surface area contributed by atoms with Gasteiger partial charge in [0.2, 0.25) is 5.91 Å². The lowest BCUT2D eigenvalue weighted by Crippen LogP contribution is -2.31. The fraction of sp³-hybridized carbons (Fsp3) is 0.588. The van der Waals surface area contributed by atoms with E-state index in [1.165, 1.54) is 28.7 Å². The summed E-state index contributed by atoms with van der Waals surface area (Å²) in [6.07, 6.45) is 4.85. The minimum absolute atomic E-state index is 0.0301. The molecule has 2 rings (SSSR count). The number of rotatable bonds is 9. The molecule has 0 radical (unpaired) electrons. The van der Waals surface area contributed by atoms with E-state index in [1.54, 1.807) is 0 Å². The van der Waals surface area contributed by atoms with Crippen LogP contribution in [-0.4, -0.2) is 22.0 Å². The third-order valence-electron chi connectivity index (χ3n) is 4.29. The summed E-state index contributed by atoms with van der Waals surface area (Å²) in [5, 5.41) is 4.84. The average Bonchev–Trinajstić information content (AvgIpc) is 3.03. The van der Waals surface area contributed by atoms with Crippen molar-refractivity contribution in [1.82, 2.24) is 14.9 Å². The van der Waals surface area contributed by atoms with E-state index in [0.717, 1.165) is 18.4 Å². The van der Waals surface area contributed by atoms with Crippen LogP contribution in [0.4, 0.5) is 0 Å². The van der Waals surface area contributed by atoms with Crippen LogP contribution in [0.2, 0.25) is 0 Å². The number of amides is 1. The van der Waals surface area contributed by atoms with Crippen molar-refractivity contribution in [2.24, 2.45) is 5.92 Å². The number of carbonyl (C=O) groups excluding carboxylic acids is 1. The Labute approximate surface area is 151 Å². The first-order valence-corrected chi connectivity index (χ1v) is 9.82. The predicted octanol–water partition coefficient (Wildman–Crippen LogP) is 3.84. The minimum atomic E-state index is -0.120. The van der Waals surface area contributed by atoms with E-state index in [0.29, 0.717) is 28.5 Å². The highest BCUT2D eigenvalue weighted by Crippen LogP contribution is 2.14. The number of thiophene rings is 1. The van der Waals surface area contributed by atoms with Gasteiger partial charge in [0.1, 0.15) is 4.70 Å². The van der Waals surface area contributed by atoms with E-state index >= 15 is 0 Å². The third kappa shape index (κ3) is 4.77. The highest BCUT2D eigenvalue weighted by Gasteiger charge is 2.11. The Balaban J connectivity index is 1.92. The van der Waals surface area contributed by atoms with Crippen LogP contribution < -0.4 is 10.9 Å². The third-order valence-corrected chi connectivity index (χ3v) is 5.51. The van der Waals surface area contributed by atoms with Crippen molar-refractivity contribution in [2.45, 2.75) is 52.5 Å². The monoisotopic (exact) mass is 367 g/mol. The molecule has 2 aromatic heterocycles. The van der Waals surface area contributed by atoms with Gasteiger partial charge in [-0.05, 0) is 36.0 Å². The Morgan fingerprint density at radius 1 is 1.46 bits per heavy atom. The maximum absolute atomic E-state index is 12.4. The van der Waals surface area contributed by atoms with Crippen LogP contribution in [0.15, 0.2) is 16.2 Å². The highest BCUT2D eigenvalue weighted by atomic mass is 32.1. The molecule has 0 aliphatic heterocycles. The van der Waals surface area contributed by atoms with Crippen LogP contribution >= 0.6 is 23.6 Å². The molecule has 0 aromatic carbocycles. The zero-order valence-corrected chi connectivity index (χ0v) is 15.9. The molecular formula is C17H25N3O2S2. The standard InChI is InChI=1S/C17H25N3O2S2/c1-3-5-6-12(4-2)11-18-14(21)7-9-20-16(22)15-13(8-10-24-15)19-17(20)23/h8,10,12H,3-7,9,11H2,1-2H3,(H,18,21)(H,19,23)/t12-/m0/s1. The Bertz CT molecular complexity index is 791. The molecule has 2 heterocycles. The van der Waals surface area contributed by atoms with Gasteiger partial charge in [-0.1, -0.05) is 33.1 Å². The number of hydrogen-bond acceptors (Lipinski definition) is 4. The summed E-state index contributed by atoms with van der Waals surface area (Å²) in [5.74, 6) is 0.500. The van der Waals surface area contributed by atoms with Crippen LogP contribution in [-0.2, 0) is 11.3 Å². The molecule has 7 heteroatoms. The summed E-state index contributed by atoms with van der Waals surface area (Å²) in [6, 6.07) is 1.84. The summed E-state index contributed by atoms with van der Waals surface area (Å²) in [4.78, 5) is 27.5. The maximum Gasteiger partial charge on any atom is 0.272 e. The van der Waals surface area contributed by atoms with E-state index < -0.39 is 0 Å². The molecule has 0 aliphatic carbocycles. The molecule has 0 saturated carbocycles. The van der Waals surface area contributed by atoms with Crippen molar-refractivity contribution < 1.29 is 4.79 Å². The van der Waals surface area contributed by atoms with Gasteiger partial charge >= 0.3 is 0 Å². The van der Waals surface area contributed by atoms with E-state index in [2.05, 4.69) is 24.1 Å². The molecule has 2 aromatic rings. The smallest absolute Gasteiger partial charge is 0.272 e. The van der Waals surface area contributed by atoms with Gasteiger partial charge in [0.15, 0.2) is 4.77 Å². The fourth-order valence-electron chi connectivity index (χ4n) is 2.68. The van der Waals surface area contributed by atoms with Crippen molar-refractivity contribution in [3.63, 3.8) is 0 Å². The molecule has 0 aliphatic rings. The summed E-state index contributed by atoms with van der Waals surface area (Å²) in [7, 11) is 0. The van der Waals surface area contributed by atoms with Gasteiger partial charge in [-0.25, -0.2) is 0 Å². The average molecular weight is 368 g/mol. The molecule has 0 unspecified atom stereocenters. The van der Waals surface area contributed by atoms with Gasteiger partial charge < -0.3 is 10.3 Å². The first kappa shape index (κ1) is 18.9. The van der Waals surface area contributed by atoms with Gasteiger partial charge in [-0.2, -0.15) is 0 Å². The van der Waals surface area contributed by atoms with Crippen LogP contribution in [0, 0.1) is 10.7 Å². The van der Waals surface area contributed by atoms with Crippen LogP contribution in [0.3, 0.4) is 0 Å². The molecule has 0 saturated heterocycles. The fourth-order valence-corrected chi connectivity index (χ4v) is 3.76. The largest absolute Gasteiger partial charge is 0.356 e. The number of aromatic amines is 1. The second-order valence-electron chi connectivity index (χ2n) is 6.02. The molecule has 1 atom stereocenters. The molecule has 1 amide bonds. The molecule has 2 N–H and O–H groups in total. The van der Waals surface area contributed by atoms with E-state index in [9.17, 15) is 9.59 Å². The van der Waals surface area contributed by atoms with Gasteiger partial charge in [0, 0.05) is 19.5 Å². The van der Waals surface area contributed by atoms with Crippen molar-refractivity contribution in [2.75, 3.05) is 6.54 Å². The summed E-state index contributed by atoms with van der Waals surface area (Å²) in [5.41, 5.74) is 0.642. The predicted molar refractivity (Wildman–Crippen MR) is 102 cm³/mol. The van der Waals surface area contributed by atoms with Gasteiger partial charge in [0.25, 0.3) is 5.56 Å². The number of nitrogens with one attached hydrogen (secondary N) is 2. The van der Waals surface area contributed by atoms with Crippen molar-refractivity contribution in [3.05, 3.63) is 26.6 Å². The number of unbranched alkanes of at least 4 members (excludes halogenated alkanes) is 1. The molecule has 5 nitrogen and oxygen atoms in total. The first-order valence-electron chi connectivity index (χ1n) is 8.53. The lowest BCUT2D eigenvalue weighted by molar-refractivity contribution is -0.121. The van der Waals surface area contributed by atoms with Crippen molar-refractivity contribution in [1.29, 1.82) is 0 Å². The summed E-state index contributed by atoms with van der Waals surface area (Å²) >= 11 is 6.62. The Morgan fingerprint density at radius 2 is 2.25 bits per heavy atom. The van der Waals surface area contributed by atoms with E-state index in [4.69, 9.17) is 12.2 Å². The SMILES string of the molecule is CCCC[C@H](CC)CNC(=O)CCn1c(=S)[nH]c2ccsc2c1=O. The number of carbonyl (C=O) groups is 1. The molecular weight excluding hydrogens is 342 g/mol. The quantitative estimate of drug-likeness (QED) is 0.662. The van der Waals surface area contributed by atoms with E-state index in [-0.39, 0.29) is 17.9 Å². The molecule has 0 fully saturated rings. The second-order valence-corrected chi connectivity index (χ2v) is 7.32. The number of nitrogens with zero attached hydrogens (tertiary/aromatic N) is 1. The van der Waals surface area contributed by atoms with Crippen LogP contribution in [0.1, 0.15) is 46.0 Å². The Kier molecular flexibility index (Phi) is 7.17. The maximum atomic E-state index is 12.4. The summed E-state index contributed by atoms with van der Waals surface area (Å²) < 4.78 is 2.49. The molecule has 0 bridgehead atoms. The zero-order chi connectivity index (χ0) is 17.5. The lowest BCUT2D eigenvalue weighted by Gasteiger charge is -2.15. The topological polar surface area (TPSA) is 66.9 Å². The number of fused-ring (bicyclic) bond motifs is 1. The highest BCUT2D eigenvalue weighted by molar-refractivity contribution is 7.71. The second kappa shape index (κ2) is 9.13. The molecule has 24 heavy (non-hydrogen) atoms. The van der Waals surface area contributed by atoms with Gasteiger partial charge in [-0.3, -0.25) is 14.2 Å². The molecule has 0 spiro atoms. The minimum Gasteiger partial charge on any atom is -0.356 e. The zero-order valence-electron chi connectivity index (χ0n) is 14.3. The van der Waals surface area contributed by atoms with E-state index in [1.807, 2.05) is 11.4 Å². The number of aromatic nitrogens is 2. The normalized spacial score (nSPS) is 12.4. The first-order chi connectivity index (χ1) is 11.6. The van der Waals surface area contributed by atoms with Crippen LogP contribution in [0.5, 0.6) is 0 Å². The van der Waals surface area contributed by atoms with Crippen LogP contribution in [0.25, 0.3) is 10.2 Å². The van der Waals surface area contributed by atoms with Crippen molar-refractivity contribution >= 4 is 39.7 Å². The van der Waals surface area contributed by atoms with Gasteiger partial charge in [0.05, 0.1) is 5.52 Å². The summed E-state index contributed by atoms with van der Waals surface area (Å²) in [6.45, 7) is 5.35. The molecule has 132 valence electrons. The van der Waals surface area contributed by atoms with Crippen molar-refractivity contribution in [3.8, 4) is 0 Å². The lowest BCUT2D eigenvalue weighted by atomic mass is 9.99. The van der Waals surface area contributed by atoms with Gasteiger partial charge in [-0.15, -0.1) is 11.3 Å².